The number of hydrogen-bond donors (Lipinski definition) is 0. The first-order valence-electron chi connectivity index (χ1n) is 5.89. The van der Waals surface area contributed by atoms with Gasteiger partial charge in [-0.25, -0.2) is 8.42 Å². The predicted octanol–water partition coefficient (Wildman–Crippen LogP) is 1.07. The Morgan fingerprint density at radius 2 is 1.95 bits per heavy atom. The molecule has 0 saturated carbocycles. The summed E-state index contributed by atoms with van der Waals surface area (Å²) in [5.41, 5.74) is 0.939. The van der Waals surface area contributed by atoms with Crippen molar-refractivity contribution in [3.05, 3.63) is 29.8 Å². The van der Waals surface area contributed by atoms with E-state index in [1.54, 1.807) is 18.2 Å². The van der Waals surface area contributed by atoms with Gasteiger partial charge in [-0.2, -0.15) is 9.57 Å². The fourth-order valence-electron chi connectivity index (χ4n) is 1.42. The van der Waals surface area contributed by atoms with Crippen molar-refractivity contribution in [1.29, 1.82) is 5.26 Å². The van der Waals surface area contributed by atoms with Gasteiger partial charge in [0.15, 0.2) is 6.10 Å². The van der Waals surface area contributed by atoms with E-state index in [2.05, 4.69) is 0 Å². The van der Waals surface area contributed by atoms with Crippen LogP contribution in [0.1, 0.15) is 12.5 Å². The molecule has 0 aliphatic carbocycles. The summed E-state index contributed by atoms with van der Waals surface area (Å²) < 4.78 is 30.0. The monoisotopic (exact) mass is 296 g/mol. The standard InChI is InChI=1S/C13H16N2O4S/c1-10-4-6-12(7-5-10)20(17,18)15(3)9-13(16)19-11(2)8-14/h4-7,11H,9H2,1-3H3. The summed E-state index contributed by atoms with van der Waals surface area (Å²) >= 11 is 0. The van der Waals surface area contributed by atoms with Gasteiger partial charge in [-0.15, -0.1) is 0 Å². The highest BCUT2D eigenvalue weighted by Gasteiger charge is 2.24. The Hall–Kier alpha value is -1.91. The first-order valence-corrected chi connectivity index (χ1v) is 7.33. The van der Waals surface area contributed by atoms with E-state index in [0.717, 1.165) is 9.87 Å². The van der Waals surface area contributed by atoms with Gasteiger partial charge >= 0.3 is 5.97 Å². The summed E-state index contributed by atoms with van der Waals surface area (Å²) in [5.74, 6) is -0.766. The predicted molar refractivity (Wildman–Crippen MR) is 72.2 cm³/mol. The van der Waals surface area contributed by atoms with Crippen LogP contribution in [0.4, 0.5) is 0 Å². The van der Waals surface area contributed by atoms with E-state index in [0.29, 0.717) is 0 Å². The maximum absolute atomic E-state index is 12.2. The van der Waals surface area contributed by atoms with Crippen molar-refractivity contribution < 1.29 is 17.9 Å². The van der Waals surface area contributed by atoms with Gasteiger partial charge in [0.25, 0.3) is 0 Å². The lowest BCUT2D eigenvalue weighted by molar-refractivity contribution is -0.145. The minimum Gasteiger partial charge on any atom is -0.446 e. The van der Waals surface area contributed by atoms with E-state index in [9.17, 15) is 13.2 Å². The summed E-state index contributed by atoms with van der Waals surface area (Å²) in [4.78, 5) is 11.6. The zero-order valence-electron chi connectivity index (χ0n) is 11.5. The van der Waals surface area contributed by atoms with Crippen LogP contribution in [0.15, 0.2) is 29.2 Å². The molecule has 0 N–H and O–H groups in total. The molecule has 0 aliphatic heterocycles. The van der Waals surface area contributed by atoms with Crippen molar-refractivity contribution in [3.63, 3.8) is 0 Å². The molecule has 0 fully saturated rings. The Morgan fingerprint density at radius 1 is 1.40 bits per heavy atom. The van der Waals surface area contributed by atoms with E-state index in [1.807, 2.05) is 6.92 Å². The molecule has 0 radical (unpaired) electrons. The maximum Gasteiger partial charge on any atom is 0.322 e. The van der Waals surface area contributed by atoms with Gasteiger partial charge in [0.1, 0.15) is 12.6 Å². The highest BCUT2D eigenvalue weighted by atomic mass is 32.2. The van der Waals surface area contributed by atoms with Gasteiger partial charge in [0.2, 0.25) is 10.0 Å². The zero-order chi connectivity index (χ0) is 15.3. The van der Waals surface area contributed by atoms with E-state index in [4.69, 9.17) is 10.00 Å². The average molecular weight is 296 g/mol. The number of benzene rings is 1. The van der Waals surface area contributed by atoms with E-state index in [-0.39, 0.29) is 4.90 Å². The van der Waals surface area contributed by atoms with Crippen molar-refractivity contribution in [2.24, 2.45) is 0 Å². The first kappa shape index (κ1) is 16.1. The van der Waals surface area contributed by atoms with Crippen LogP contribution in [-0.2, 0) is 19.6 Å². The molecule has 20 heavy (non-hydrogen) atoms. The second kappa shape index (κ2) is 6.50. The first-order chi connectivity index (χ1) is 9.27. The number of nitrogens with zero attached hydrogens (tertiary/aromatic N) is 2. The Bertz CT molecular complexity index is 617. The lowest BCUT2D eigenvalue weighted by Crippen LogP contribution is -2.34. The molecule has 0 saturated heterocycles. The molecule has 1 atom stereocenters. The van der Waals surface area contributed by atoms with E-state index in [1.165, 1.54) is 26.1 Å². The largest absolute Gasteiger partial charge is 0.446 e. The number of aryl methyl sites for hydroxylation is 1. The van der Waals surface area contributed by atoms with Crippen molar-refractivity contribution in [1.82, 2.24) is 4.31 Å². The third kappa shape index (κ3) is 4.05. The fourth-order valence-corrected chi connectivity index (χ4v) is 2.53. The number of carbonyl (C=O) groups excluding carboxylic acids is 1. The van der Waals surface area contributed by atoms with Gasteiger partial charge in [-0.1, -0.05) is 17.7 Å². The molecule has 6 nitrogen and oxygen atoms in total. The number of carbonyl (C=O) groups is 1. The van der Waals surface area contributed by atoms with E-state index < -0.39 is 28.6 Å². The van der Waals surface area contributed by atoms with Crippen molar-refractivity contribution >= 4 is 16.0 Å². The molecule has 1 aromatic carbocycles. The molecule has 7 heteroatoms. The Labute approximate surface area is 118 Å². The van der Waals surface area contributed by atoms with Gasteiger partial charge in [0, 0.05) is 7.05 Å². The smallest absolute Gasteiger partial charge is 0.322 e. The quantitative estimate of drug-likeness (QED) is 0.758. The molecule has 108 valence electrons. The van der Waals surface area contributed by atoms with Crippen LogP contribution in [0.5, 0.6) is 0 Å². The molecule has 0 aliphatic rings. The number of sulfonamides is 1. The lowest BCUT2D eigenvalue weighted by atomic mass is 10.2. The van der Waals surface area contributed by atoms with Crippen LogP contribution in [-0.4, -0.2) is 38.4 Å². The SMILES string of the molecule is Cc1ccc(S(=O)(=O)N(C)CC(=O)OC(C)C#N)cc1. The van der Waals surface area contributed by atoms with Crippen molar-refractivity contribution in [2.45, 2.75) is 24.8 Å². The number of esters is 1. The van der Waals surface area contributed by atoms with Crippen LogP contribution >= 0.6 is 0 Å². The summed E-state index contributed by atoms with van der Waals surface area (Å²) in [6.45, 7) is 2.81. The Kier molecular flexibility index (Phi) is 5.25. The van der Waals surface area contributed by atoms with Crippen molar-refractivity contribution in [2.75, 3.05) is 13.6 Å². The van der Waals surface area contributed by atoms with Crippen LogP contribution in [0.3, 0.4) is 0 Å². The molecule has 0 amide bonds. The zero-order valence-corrected chi connectivity index (χ0v) is 12.3. The molecule has 0 bridgehead atoms. The number of likely N-dealkylation sites (N-methyl/N-ethyl adjacent to an activating group) is 1. The third-order valence-electron chi connectivity index (χ3n) is 2.57. The second-order valence-electron chi connectivity index (χ2n) is 4.34. The van der Waals surface area contributed by atoms with Crippen molar-refractivity contribution in [3.8, 4) is 6.07 Å². The van der Waals surface area contributed by atoms with Crippen LogP contribution < -0.4 is 0 Å². The van der Waals surface area contributed by atoms with Gasteiger partial charge in [0.05, 0.1) is 4.90 Å². The lowest BCUT2D eigenvalue weighted by Gasteiger charge is -2.17. The maximum atomic E-state index is 12.2. The second-order valence-corrected chi connectivity index (χ2v) is 6.38. The molecular weight excluding hydrogens is 280 g/mol. The third-order valence-corrected chi connectivity index (χ3v) is 4.39. The molecule has 1 aromatic rings. The normalized spacial score (nSPS) is 12.8. The molecular formula is C13H16N2O4S. The Morgan fingerprint density at radius 3 is 2.45 bits per heavy atom. The number of ether oxygens (including phenoxy) is 1. The molecule has 0 heterocycles. The fraction of sp³-hybridized carbons (Fsp3) is 0.385. The summed E-state index contributed by atoms with van der Waals surface area (Å²) in [6, 6.07) is 8.04. The number of rotatable bonds is 5. The van der Waals surface area contributed by atoms with Crippen LogP contribution in [0.25, 0.3) is 0 Å². The van der Waals surface area contributed by atoms with Gasteiger partial charge in [-0.3, -0.25) is 4.79 Å². The molecule has 0 spiro atoms. The molecule has 0 aromatic heterocycles. The molecule has 1 rings (SSSR count). The number of nitriles is 1. The van der Waals surface area contributed by atoms with Crippen LogP contribution in [0, 0.1) is 18.3 Å². The summed E-state index contributed by atoms with van der Waals surface area (Å²) in [6.07, 6.45) is -0.905. The van der Waals surface area contributed by atoms with Gasteiger partial charge in [-0.05, 0) is 26.0 Å². The highest BCUT2D eigenvalue weighted by Crippen LogP contribution is 2.14. The highest BCUT2D eigenvalue weighted by molar-refractivity contribution is 7.89. The summed E-state index contributed by atoms with van der Waals surface area (Å²) in [7, 11) is -2.46. The van der Waals surface area contributed by atoms with E-state index >= 15 is 0 Å². The topological polar surface area (TPSA) is 87.5 Å². The average Bonchev–Trinajstić information content (AvgIpc) is 2.38. The Balaban J connectivity index is 2.80. The van der Waals surface area contributed by atoms with Crippen LogP contribution in [0.2, 0.25) is 0 Å². The minimum atomic E-state index is -3.74. The number of hydrogen-bond acceptors (Lipinski definition) is 5. The molecule has 1 unspecified atom stereocenters. The van der Waals surface area contributed by atoms with Gasteiger partial charge < -0.3 is 4.74 Å². The minimum absolute atomic E-state index is 0.103. The summed E-state index contributed by atoms with van der Waals surface area (Å²) in [5, 5.41) is 8.52.